The van der Waals surface area contributed by atoms with Crippen LogP contribution in [-0.2, 0) is 16.6 Å². The van der Waals surface area contributed by atoms with E-state index in [1.54, 1.807) is 22.9 Å². The summed E-state index contributed by atoms with van der Waals surface area (Å²) in [5.74, 6) is 0. The molecule has 7 nitrogen and oxygen atoms in total. The van der Waals surface area contributed by atoms with Gasteiger partial charge in [0.15, 0.2) is 5.03 Å². The molecule has 3 rings (SSSR count). The summed E-state index contributed by atoms with van der Waals surface area (Å²) >= 11 is 0. The van der Waals surface area contributed by atoms with Gasteiger partial charge in [0.1, 0.15) is 6.07 Å². The van der Waals surface area contributed by atoms with Gasteiger partial charge in [0, 0.05) is 24.3 Å². The first-order chi connectivity index (χ1) is 11.5. The van der Waals surface area contributed by atoms with E-state index in [0.717, 1.165) is 12.0 Å². The van der Waals surface area contributed by atoms with E-state index in [4.69, 9.17) is 0 Å². The predicted molar refractivity (Wildman–Crippen MR) is 91.1 cm³/mol. The van der Waals surface area contributed by atoms with Crippen molar-refractivity contribution in [3.8, 4) is 6.07 Å². The number of hydrogen-bond acceptors (Lipinski definition) is 4. The van der Waals surface area contributed by atoms with Crippen molar-refractivity contribution in [2.75, 3.05) is 4.72 Å². The third kappa shape index (κ3) is 2.74. The summed E-state index contributed by atoms with van der Waals surface area (Å²) in [5, 5.41) is 9.87. The van der Waals surface area contributed by atoms with Crippen LogP contribution >= 0.6 is 0 Å². The van der Waals surface area contributed by atoms with Crippen LogP contribution in [0, 0.1) is 18.3 Å². The Morgan fingerprint density at radius 2 is 2.21 bits per heavy atom. The van der Waals surface area contributed by atoms with Crippen LogP contribution in [0.3, 0.4) is 0 Å². The Morgan fingerprint density at radius 1 is 1.42 bits per heavy atom. The van der Waals surface area contributed by atoms with Gasteiger partial charge in [-0.2, -0.15) is 13.7 Å². The van der Waals surface area contributed by atoms with Crippen molar-refractivity contribution >= 4 is 26.6 Å². The summed E-state index contributed by atoms with van der Waals surface area (Å²) < 4.78 is 29.4. The third-order valence-corrected chi connectivity index (χ3v) is 5.03. The van der Waals surface area contributed by atoms with Gasteiger partial charge < -0.3 is 9.55 Å². The molecule has 0 aliphatic rings. The van der Waals surface area contributed by atoms with Crippen molar-refractivity contribution in [3.63, 3.8) is 0 Å². The summed E-state index contributed by atoms with van der Waals surface area (Å²) in [6.45, 7) is 4.59. The lowest BCUT2D eigenvalue weighted by Gasteiger charge is -2.08. The van der Waals surface area contributed by atoms with Crippen molar-refractivity contribution in [3.05, 3.63) is 42.0 Å². The number of H-pyrrole nitrogens is 1. The zero-order valence-electron chi connectivity index (χ0n) is 13.4. The number of aromatic amines is 1. The number of rotatable bonds is 5. The van der Waals surface area contributed by atoms with E-state index in [2.05, 4.69) is 20.8 Å². The molecule has 24 heavy (non-hydrogen) atoms. The molecule has 0 bridgehead atoms. The molecule has 3 aromatic rings. The van der Waals surface area contributed by atoms with Gasteiger partial charge in [0.05, 0.1) is 23.1 Å². The van der Waals surface area contributed by atoms with Crippen LogP contribution < -0.4 is 4.72 Å². The number of nitrogens with one attached hydrogen (secondary N) is 2. The summed E-state index contributed by atoms with van der Waals surface area (Å²) in [7, 11) is -3.80. The molecule has 0 radical (unpaired) electrons. The highest BCUT2D eigenvalue weighted by atomic mass is 32.2. The number of fused-ring (bicyclic) bond motifs is 1. The largest absolute Gasteiger partial charge is 0.358 e. The van der Waals surface area contributed by atoms with Gasteiger partial charge in [-0.05, 0) is 25.0 Å². The molecular weight excluding hydrogens is 326 g/mol. The summed E-state index contributed by atoms with van der Waals surface area (Å²) in [6, 6.07) is 5.56. The number of aryl methyl sites for hydroxylation is 2. The Labute approximate surface area is 140 Å². The zero-order chi connectivity index (χ0) is 17.3. The number of imidazole rings is 1. The van der Waals surface area contributed by atoms with Gasteiger partial charge in [0.25, 0.3) is 10.0 Å². The number of nitrogens with zero attached hydrogens (tertiary/aromatic N) is 3. The van der Waals surface area contributed by atoms with Gasteiger partial charge in [-0.3, -0.25) is 4.72 Å². The average Bonchev–Trinajstić information content (AvgIpc) is 3.18. The lowest BCUT2D eigenvalue weighted by atomic mass is 10.1. The first kappa shape index (κ1) is 16.1. The molecule has 124 valence electrons. The Balaban J connectivity index is 2.01. The Bertz CT molecular complexity index is 1040. The smallest absolute Gasteiger partial charge is 0.281 e. The molecule has 0 saturated carbocycles. The van der Waals surface area contributed by atoms with E-state index in [1.807, 2.05) is 13.8 Å². The molecule has 2 heterocycles. The monoisotopic (exact) mass is 343 g/mol. The van der Waals surface area contributed by atoms with Gasteiger partial charge in [-0.1, -0.05) is 13.0 Å². The molecule has 2 aromatic heterocycles. The van der Waals surface area contributed by atoms with Crippen LogP contribution in [0.25, 0.3) is 10.9 Å². The second-order valence-corrected chi connectivity index (χ2v) is 7.18. The number of nitriles is 1. The Morgan fingerprint density at radius 3 is 2.92 bits per heavy atom. The van der Waals surface area contributed by atoms with Crippen molar-refractivity contribution in [2.45, 2.75) is 31.8 Å². The Kier molecular flexibility index (Phi) is 4.03. The third-order valence-electron chi connectivity index (χ3n) is 3.78. The van der Waals surface area contributed by atoms with E-state index < -0.39 is 10.0 Å². The lowest BCUT2D eigenvalue weighted by molar-refractivity contribution is 0.597. The zero-order valence-corrected chi connectivity index (χ0v) is 14.2. The first-order valence-corrected chi connectivity index (χ1v) is 9.00. The fourth-order valence-electron chi connectivity index (χ4n) is 2.65. The maximum absolute atomic E-state index is 12.6. The van der Waals surface area contributed by atoms with E-state index in [1.165, 1.54) is 12.5 Å². The normalized spacial score (nSPS) is 11.5. The van der Waals surface area contributed by atoms with Gasteiger partial charge in [-0.15, -0.1) is 0 Å². The molecule has 1 aromatic carbocycles. The van der Waals surface area contributed by atoms with E-state index >= 15 is 0 Å². The summed E-state index contributed by atoms with van der Waals surface area (Å²) in [4.78, 5) is 6.94. The summed E-state index contributed by atoms with van der Waals surface area (Å²) in [5.41, 5.74) is 2.36. The fourth-order valence-corrected chi connectivity index (χ4v) is 3.67. The highest BCUT2D eigenvalue weighted by Crippen LogP contribution is 2.29. The van der Waals surface area contributed by atoms with Gasteiger partial charge in [0.2, 0.25) is 0 Å². The minimum Gasteiger partial charge on any atom is -0.358 e. The number of aromatic nitrogens is 3. The van der Waals surface area contributed by atoms with Crippen molar-refractivity contribution in [2.24, 2.45) is 0 Å². The lowest BCUT2D eigenvalue weighted by Crippen LogP contribution is -2.13. The topological polar surface area (TPSA) is 104 Å². The Hall–Kier alpha value is -2.79. The molecule has 0 aliphatic heterocycles. The van der Waals surface area contributed by atoms with Crippen LogP contribution in [-0.4, -0.2) is 23.0 Å². The van der Waals surface area contributed by atoms with E-state index in [9.17, 15) is 13.7 Å². The number of benzene rings is 1. The van der Waals surface area contributed by atoms with Crippen molar-refractivity contribution in [1.82, 2.24) is 14.5 Å². The fraction of sp³-hybridized carbons (Fsp3) is 0.250. The van der Waals surface area contributed by atoms with E-state index in [0.29, 0.717) is 28.7 Å². The van der Waals surface area contributed by atoms with Crippen molar-refractivity contribution < 1.29 is 8.42 Å². The molecule has 0 saturated heterocycles. The van der Waals surface area contributed by atoms with Crippen LogP contribution in [0.15, 0.2) is 35.9 Å². The highest BCUT2D eigenvalue weighted by molar-refractivity contribution is 7.92. The maximum Gasteiger partial charge on any atom is 0.281 e. The number of anilines is 1. The molecule has 0 fully saturated rings. The second-order valence-electron chi connectivity index (χ2n) is 5.55. The van der Waals surface area contributed by atoms with Gasteiger partial charge >= 0.3 is 0 Å². The molecule has 8 heteroatoms. The highest BCUT2D eigenvalue weighted by Gasteiger charge is 2.20. The molecule has 0 spiro atoms. The minimum absolute atomic E-state index is 0.0308. The molecule has 0 amide bonds. The standard InChI is InChI=1S/C16H17N5O2S/c1-3-6-21-9-14(19-10-21)24(22,23)20-13-5-4-11(2)15-12(7-17)8-18-16(13)15/h4-5,8-10,18,20H,3,6H2,1-2H3. The number of sulfonamides is 1. The van der Waals surface area contributed by atoms with Crippen LogP contribution in [0.1, 0.15) is 24.5 Å². The molecule has 2 N–H and O–H groups in total. The second kappa shape index (κ2) is 6.02. The van der Waals surface area contributed by atoms with Crippen molar-refractivity contribution in [1.29, 1.82) is 5.26 Å². The average molecular weight is 343 g/mol. The first-order valence-electron chi connectivity index (χ1n) is 7.51. The predicted octanol–water partition coefficient (Wildman–Crippen LogP) is 2.76. The maximum atomic E-state index is 12.6. The molecule has 0 aliphatic carbocycles. The van der Waals surface area contributed by atoms with Crippen LogP contribution in [0.4, 0.5) is 5.69 Å². The van der Waals surface area contributed by atoms with Gasteiger partial charge in [-0.25, -0.2) is 4.98 Å². The minimum atomic E-state index is -3.80. The van der Waals surface area contributed by atoms with Crippen LogP contribution in [0.5, 0.6) is 0 Å². The molecule has 0 atom stereocenters. The quantitative estimate of drug-likeness (QED) is 0.743. The summed E-state index contributed by atoms with van der Waals surface area (Å²) in [6.07, 6.45) is 5.48. The molecular formula is C16H17N5O2S. The molecule has 0 unspecified atom stereocenters. The van der Waals surface area contributed by atoms with E-state index in [-0.39, 0.29) is 5.03 Å². The SMILES string of the molecule is CCCn1cnc(S(=O)(=O)Nc2ccc(C)c3c(C#N)c[nH]c23)c1. The van der Waals surface area contributed by atoms with Crippen LogP contribution in [0.2, 0.25) is 0 Å². The number of hydrogen-bond donors (Lipinski definition) is 2.